The first-order chi connectivity index (χ1) is 22.9. The number of halogens is 2. The smallest absolute Gasteiger partial charge is 0.369 e. The van der Waals surface area contributed by atoms with E-state index in [1.807, 2.05) is 32.3 Å². The van der Waals surface area contributed by atoms with Crippen LogP contribution in [0.3, 0.4) is 0 Å². The largest absolute Gasteiger partial charge is 0.487 e. The number of quaternary nitrogens is 1. The summed E-state index contributed by atoms with van der Waals surface area (Å²) < 4.78 is 6.12. The Bertz CT molecular complexity index is 2010. The lowest BCUT2D eigenvalue weighted by Gasteiger charge is -2.28. The molecule has 14 nitrogen and oxygen atoms in total. The number of nitrogens with zero attached hydrogens (tertiary/aromatic N) is 6. The molecule has 246 valence electrons. The Balaban J connectivity index is 1.21. The number of aromatic nitrogens is 3. The van der Waals surface area contributed by atoms with Gasteiger partial charge in [-0.15, -0.1) is 0 Å². The van der Waals surface area contributed by atoms with Gasteiger partial charge in [-0.1, -0.05) is 35.3 Å². The third kappa shape index (κ3) is 8.67. The molecular weight excluding hydrogens is 661 g/mol. The lowest BCUT2D eigenvalue weighted by molar-refractivity contribution is -0.880. The van der Waals surface area contributed by atoms with Gasteiger partial charge in [0.2, 0.25) is 11.6 Å². The standard InChI is InChI=1S/C32H29Cl2N9O5/c1-43(2,16-20-12-25(30(35)45)40-32(20)42(46)47)10-4-7-29(44)41-28-14-23-26(15-36-28)37-18-38-31(23)39-22-8-9-27(24(34)13-22)48-17-19-5-3-6-21(33)11-19/h3-9,11,13-15,18H,10,12,16-17H2,1-2H3,(H3-,35,36,37,38,39,40,41,44,45)/p+1/b7-4+. The van der Waals surface area contributed by atoms with Gasteiger partial charge >= 0.3 is 5.82 Å². The number of nitrogens with two attached hydrogens (primary N) is 1. The minimum Gasteiger partial charge on any atom is -0.487 e. The number of nitrogens with one attached hydrogen (secondary N) is 2. The van der Waals surface area contributed by atoms with Crippen LogP contribution in [0.5, 0.6) is 5.75 Å². The molecule has 2 aromatic carbocycles. The van der Waals surface area contributed by atoms with Crippen molar-refractivity contribution in [3.05, 3.63) is 110 Å². The van der Waals surface area contributed by atoms with Crippen molar-refractivity contribution in [3.63, 3.8) is 0 Å². The normalized spacial score (nSPS) is 13.1. The lowest BCUT2D eigenvalue weighted by atomic mass is 10.1. The maximum Gasteiger partial charge on any atom is 0.369 e. The molecule has 0 radical (unpaired) electrons. The number of rotatable bonds is 13. The quantitative estimate of drug-likeness (QED) is 0.0747. The van der Waals surface area contributed by atoms with E-state index in [-0.39, 0.29) is 34.8 Å². The minimum atomic E-state index is -0.794. The molecule has 16 heteroatoms. The Kier molecular flexibility index (Phi) is 10.3. The molecule has 5 rings (SSSR count). The fourth-order valence-corrected chi connectivity index (χ4v) is 5.36. The van der Waals surface area contributed by atoms with E-state index in [0.29, 0.717) is 56.9 Å². The van der Waals surface area contributed by atoms with Gasteiger partial charge in [-0.2, -0.15) is 0 Å². The summed E-state index contributed by atoms with van der Waals surface area (Å²) in [5.41, 5.74) is 7.72. The van der Waals surface area contributed by atoms with Crippen LogP contribution in [0.2, 0.25) is 10.0 Å². The predicted octanol–water partition coefficient (Wildman–Crippen LogP) is 5.04. The topological polar surface area (TPSA) is 188 Å². The Hall–Kier alpha value is -5.44. The third-order valence-electron chi connectivity index (χ3n) is 7.13. The summed E-state index contributed by atoms with van der Waals surface area (Å²) in [5.74, 6) is -0.348. The highest BCUT2D eigenvalue weighted by molar-refractivity contribution is 6.39. The maximum atomic E-state index is 12.8. The SMILES string of the molecule is C[N+](C)(C/C=C/C(=O)Nc1cc2c(Nc3ccc(OCc4cccc(Cl)c4)c(Cl)c3)ncnc2cn1)CC1=C([N+](=O)[O-])N=C(C(N)=O)C1. The highest BCUT2D eigenvalue weighted by Gasteiger charge is 2.35. The first-order valence-electron chi connectivity index (χ1n) is 14.4. The molecule has 3 heterocycles. The van der Waals surface area contributed by atoms with E-state index < -0.39 is 16.7 Å². The molecule has 0 aliphatic carbocycles. The average Bonchev–Trinajstić information content (AvgIpc) is 3.45. The van der Waals surface area contributed by atoms with Crippen molar-refractivity contribution < 1.29 is 23.7 Å². The van der Waals surface area contributed by atoms with Gasteiger partial charge in [0.05, 0.1) is 49.4 Å². The van der Waals surface area contributed by atoms with Crippen molar-refractivity contribution in [2.24, 2.45) is 10.7 Å². The Morgan fingerprint density at radius 3 is 2.67 bits per heavy atom. The van der Waals surface area contributed by atoms with E-state index in [9.17, 15) is 19.7 Å². The number of ether oxygens (including phenoxy) is 1. The van der Waals surface area contributed by atoms with E-state index in [1.165, 1.54) is 18.6 Å². The van der Waals surface area contributed by atoms with Crippen molar-refractivity contribution in [1.82, 2.24) is 15.0 Å². The maximum absolute atomic E-state index is 12.8. The molecule has 4 aromatic rings. The van der Waals surface area contributed by atoms with Crippen molar-refractivity contribution >= 4 is 69.0 Å². The van der Waals surface area contributed by atoms with Crippen molar-refractivity contribution in [2.45, 2.75) is 13.0 Å². The van der Waals surface area contributed by atoms with Crippen LogP contribution in [0.25, 0.3) is 10.9 Å². The van der Waals surface area contributed by atoms with Crippen LogP contribution in [0, 0.1) is 10.1 Å². The second kappa shape index (κ2) is 14.5. The second-order valence-electron chi connectivity index (χ2n) is 11.4. The van der Waals surface area contributed by atoms with Crippen molar-refractivity contribution in [2.75, 3.05) is 37.8 Å². The van der Waals surface area contributed by atoms with Gasteiger partial charge in [0.1, 0.15) is 36.9 Å². The average molecular weight is 692 g/mol. The molecule has 0 atom stereocenters. The highest BCUT2D eigenvalue weighted by atomic mass is 35.5. The molecule has 0 unspecified atom stereocenters. The fraction of sp³-hybridized carbons (Fsp3) is 0.188. The number of hydrogen-bond acceptors (Lipinski definition) is 10. The first-order valence-corrected chi connectivity index (χ1v) is 15.2. The third-order valence-corrected chi connectivity index (χ3v) is 7.66. The molecule has 0 fully saturated rings. The highest BCUT2D eigenvalue weighted by Crippen LogP contribution is 2.31. The van der Waals surface area contributed by atoms with Gasteiger partial charge < -0.3 is 35.7 Å². The molecule has 1 aliphatic heterocycles. The number of carbonyl (C=O) groups is 2. The van der Waals surface area contributed by atoms with Crippen molar-refractivity contribution in [1.29, 1.82) is 0 Å². The molecule has 0 saturated heterocycles. The van der Waals surface area contributed by atoms with Crippen LogP contribution in [0.1, 0.15) is 12.0 Å². The molecule has 0 bridgehead atoms. The molecule has 0 saturated carbocycles. The van der Waals surface area contributed by atoms with Crippen LogP contribution in [-0.4, -0.2) is 69.1 Å². The molecule has 2 aromatic heterocycles. The first kappa shape index (κ1) is 33.9. The number of amides is 2. The van der Waals surface area contributed by atoms with Gasteiger partial charge in [-0.05, 0) is 58.0 Å². The number of carbonyl (C=O) groups excluding carboxylic acids is 2. The molecule has 2 amide bonds. The summed E-state index contributed by atoms with van der Waals surface area (Å²) in [4.78, 5) is 51.7. The van der Waals surface area contributed by atoms with Crippen LogP contribution < -0.4 is 21.1 Å². The predicted molar refractivity (Wildman–Crippen MR) is 183 cm³/mol. The van der Waals surface area contributed by atoms with E-state index >= 15 is 0 Å². The number of aliphatic imine (C=N–C) groups is 1. The number of anilines is 3. The molecule has 48 heavy (non-hydrogen) atoms. The number of pyridine rings is 1. The van der Waals surface area contributed by atoms with Crippen LogP contribution >= 0.6 is 23.2 Å². The van der Waals surface area contributed by atoms with Crippen molar-refractivity contribution in [3.8, 4) is 5.75 Å². The zero-order valence-corrected chi connectivity index (χ0v) is 27.3. The number of fused-ring (bicyclic) bond motifs is 1. The monoisotopic (exact) mass is 690 g/mol. The van der Waals surface area contributed by atoms with Crippen LogP contribution in [-0.2, 0) is 16.2 Å². The van der Waals surface area contributed by atoms with Gasteiger partial charge in [0.25, 0.3) is 5.91 Å². The summed E-state index contributed by atoms with van der Waals surface area (Å²) in [6.07, 6.45) is 5.94. The van der Waals surface area contributed by atoms with E-state index in [0.717, 1.165) is 5.56 Å². The summed E-state index contributed by atoms with van der Waals surface area (Å²) >= 11 is 12.6. The zero-order valence-electron chi connectivity index (χ0n) is 25.8. The number of hydrogen-bond donors (Lipinski definition) is 3. The number of benzene rings is 2. The minimum absolute atomic E-state index is 0.0172. The molecule has 0 spiro atoms. The van der Waals surface area contributed by atoms with Crippen LogP contribution in [0.15, 0.2) is 89.6 Å². The van der Waals surface area contributed by atoms with E-state index in [2.05, 4.69) is 30.6 Å². The van der Waals surface area contributed by atoms with Crippen LogP contribution in [0.4, 0.5) is 17.3 Å². The Morgan fingerprint density at radius 1 is 1.12 bits per heavy atom. The molecule has 1 aliphatic rings. The Labute approximate surface area is 284 Å². The number of nitro groups is 1. The Morgan fingerprint density at radius 2 is 1.94 bits per heavy atom. The summed E-state index contributed by atoms with van der Waals surface area (Å²) in [6.45, 7) is 0.886. The zero-order chi connectivity index (χ0) is 34.4. The fourth-order valence-electron chi connectivity index (χ4n) is 4.91. The summed E-state index contributed by atoms with van der Waals surface area (Å²) in [5, 5.41) is 19.0. The number of likely N-dealkylation sites (N-methyl/N-ethyl adjacent to an activating group) is 1. The molecule has 4 N–H and O–H groups in total. The second-order valence-corrected chi connectivity index (χ2v) is 12.3. The molecular formula is C32H30Cl2N9O5+. The lowest BCUT2D eigenvalue weighted by Crippen LogP contribution is -2.41. The van der Waals surface area contributed by atoms with E-state index in [4.69, 9.17) is 33.7 Å². The van der Waals surface area contributed by atoms with E-state index in [1.54, 1.807) is 36.4 Å². The van der Waals surface area contributed by atoms with Gasteiger partial charge in [-0.25, -0.2) is 15.0 Å². The van der Waals surface area contributed by atoms with Gasteiger partial charge in [0.15, 0.2) is 0 Å². The summed E-state index contributed by atoms with van der Waals surface area (Å²) in [6, 6.07) is 14.3. The van der Waals surface area contributed by atoms with Gasteiger partial charge in [0, 0.05) is 22.2 Å². The summed E-state index contributed by atoms with van der Waals surface area (Å²) in [7, 11) is 3.67. The number of primary amides is 1. The van der Waals surface area contributed by atoms with Gasteiger partial charge in [-0.3, -0.25) is 9.59 Å².